The summed E-state index contributed by atoms with van der Waals surface area (Å²) in [7, 11) is 0. The van der Waals surface area contributed by atoms with E-state index in [1.54, 1.807) is 12.1 Å². The summed E-state index contributed by atoms with van der Waals surface area (Å²) in [5, 5.41) is 13.2. The minimum atomic E-state index is -0.600. The molecule has 102 valence electrons. The molecule has 0 unspecified atom stereocenters. The molecule has 6 nitrogen and oxygen atoms in total. The molecule has 19 heavy (non-hydrogen) atoms. The van der Waals surface area contributed by atoms with E-state index >= 15 is 0 Å². The summed E-state index contributed by atoms with van der Waals surface area (Å²) >= 11 is 6.05. The van der Waals surface area contributed by atoms with Crippen molar-refractivity contribution in [2.45, 2.75) is 26.2 Å². The second kappa shape index (κ2) is 4.71. The van der Waals surface area contributed by atoms with Gasteiger partial charge in [0.2, 0.25) is 5.89 Å². The van der Waals surface area contributed by atoms with Gasteiger partial charge in [0.05, 0.1) is 16.4 Å². The lowest BCUT2D eigenvalue weighted by molar-refractivity contribution is 0.375. The van der Waals surface area contributed by atoms with Crippen LogP contribution >= 0.6 is 11.6 Å². The number of hydrogen-bond donors (Lipinski definition) is 2. The molecule has 0 saturated heterocycles. The minimum Gasteiger partial charge on any atom is -0.391 e. The van der Waals surface area contributed by atoms with Gasteiger partial charge in [-0.2, -0.15) is 4.68 Å². The normalized spacial score (nSPS) is 11.6. The highest BCUT2D eigenvalue weighted by Gasteiger charge is 2.23. The van der Waals surface area contributed by atoms with Crippen LogP contribution < -0.4 is 11.2 Å². The van der Waals surface area contributed by atoms with Crippen LogP contribution in [0.5, 0.6) is 0 Å². The maximum atomic E-state index is 11.8. The second-order valence-corrected chi connectivity index (χ2v) is 5.52. The maximum Gasteiger partial charge on any atom is 0.442 e. The second-order valence-electron chi connectivity index (χ2n) is 5.11. The predicted octanol–water partition coefficient (Wildman–Crippen LogP) is 2.58. The highest BCUT2D eigenvalue weighted by molar-refractivity contribution is 6.32. The number of rotatable bonds is 2. The minimum absolute atomic E-state index is 0.273. The molecule has 2 N–H and O–H groups in total. The largest absolute Gasteiger partial charge is 0.442 e. The van der Waals surface area contributed by atoms with Crippen LogP contribution in [0.4, 0.5) is 5.69 Å². The van der Waals surface area contributed by atoms with E-state index < -0.39 is 5.76 Å². The molecule has 0 aliphatic carbocycles. The molecule has 7 heteroatoms. The Morgan fingerprint density at radius 2 is 2.11 bits per heavy atom. The molecule has 1 aromatic carbocycles. The van der Waals surface area contributed by atoms with Crippen molar-refractivity contribution in [3.8, 4) is 5.69 Å². The Balaban J connectivity index is 2.54. The summed E-state index contributed by atoms with van der Waals surface area (Å²) in [6, 6.07) is 4.62. The molecule has 0 saturated carbocycles. The highest BCUT2D eigenvalue weighted by Crippen LogP contribution is 2.24. The van der Waals surface area contributed by atoms with Crippen molar-refractivity contribution in [1.82, 2.24) is 9.78 Å². The average molecular weight is 284 g/mol. The molecule has 2 aromatic rings. The SMILES string of the molecule is CC(C)(C)c1nn(-c2ccc(NO)cc2Cl)c(=O)o1. The van der Waals surface area contributed by atoms with Crippen LogP contribution in [0.15, 0.2) is 27.4 Å². The first-order chi connectivity index (χ1) is 8.82. The zero-order chi connectivity index (χ0) is 14.2. The van der Waals surface area contributed by atoms with Gasteiger partial charge in [-0.15, -0.1) is 5.10 Å². The molecular formula is C12H14ClN3O3. The molecule has 0 atom stereocenters. The number of nitrogens with one attached hydrogen (secondary N) is 1. The van der Waals surface area contributed by atoms with Crippen molar-refractivity contribution in [2.24, 2.45) is 0 Å². The van der Waals surface area contributed by atoms with Crippen molar-refractivity contribution in [2.75, 3.05) is 5.48 Å². The zero-order valence-corrected chi connectivity index (χ0v) is 11.5. The van der Waals surface area contributed by atoms with E-state index in [2.05, 4.69) is 5.10 Å². The molecule has 1 heterocycles. The van der Waals surface area contributed by atoms with Gasteiger partial charge in [0.1, 0.15) is 0 Å². The Morgan fingerprint density at radius 3 is 2.58 bits per heavy atom. The summed E-state index contributed by atoms with van der Waals surface area (Å²) in [5.74, 6) is -0.269. The molecule has 0 spiro atoms. The van der Waals surface area contributed by atoms with Crippen molar-refractivity contribution in [1.29, 1.82) is 0 Å². The Labute approximate surface area is 114 Å². The van der Waals surface area contributed by atoms with E-state index in [-0.39, 0.29) is 10.4 Å². The fraction of sp³-hybridized carbons (Fsp3) is 0.333. The molecule has 0 radical (unpaired) electrons. The van der Waals surface area contributed by atoms with E-state index in [4.69, 9.17) is 21.2 Å². The quantitative estimate of drug-likeness (QED) is 0.828. The van der Waals surface area contributed by atoms with Gasteiger partial charge in [-0.3, -0.25) is 10.7 Å². The third-order valence-corrected chi connectivity index (χ3v) is 2.80. The van der Waals surface area contributed by atoms with Crippen LogP contribution in [0, 0.1) is 0 Å². The summed E-state index contributed by atoms with van der Waals surface area (Å²) in [6.07, 6.45) is 0. The first-order valence-electron chi connectivity index (χ1n) is 5.63. The standard InChI is InChI=1S/C12H14ClN3O3/c1-12(2,3)10-14-16(11(17)19-10)9-5-4-7(15-18)6-8(9)13/h4-6,15,18H,1-3H3. The first-order valence-corrected chi connectivity index (χ1v) is 6.01. The Kier molecular flexibility index (Phi) is 3.38. The first kappa shape index (κ1) is 13.6. The van der Waals surface area contributed by atoms with E-state index in [0.29, 0.717) is 17.3 Å². The Morgan fingerprint density at radius 1 is 1.42 bits per heavy atom. The zero-order valence-electron chi connectivity index (χ0n) is 10.8. The lowest BCUT2D eigenvalue weighted by Crippen LogP contribution is -2.14. The van der Waals surface area contributed by atoms with Gasteiger partial charge in [-0.25, -0.2) is 4.79 Å². The molecule has 1 aromatic heterocycles. The van der Waals surface area contributed by atoms with Crippen molar-refractivity contribution >= 4 is 17.3 Å². The Hall–Kier alpha value is -1.79. The fourth-order valence-corrected chi connectivity index (χ4v) is 1.74. The van der Waals surface area contributed by atoms with E-state index in [0.717, 1.165) is 4.68 Å². The lowest BCUT2D eigenvalue weighted by atomic mass is 9.97. The summed E-state index contributed by atoms with van der Waals surface area (Å²) < 4.78 is 6.22. The molecule has 0 aliphatic heterocycles. The fourth-order valence-electron chi connectivity index (χ4n) is 1.48. The predicted molar refractivity (Wildman–Crippen MR) is 71.2 cm³/mol. The van der Waals surface area contributed by atoms with Gasteiger partial charge >= 0.3 is 5.76 Å². The van der Waals surface area contributed by atoms with Gasteiger partial charge in [0.15, 0.2) is 0 Å². The van der Waals surface area contributed by atoms with Crippen LogP contribution in [0.1, 0.15) is 26.7 Å². The number of anilines is 1. The molecule has 0 amide bonds. The van der Waals surface area contributed by atoms with Gasteiger partial charge in [0, 0.05) is 5.41 Å². The summed E-state index contributed by atoms with van der Waals surface area (Å²) in [5.41, 5.74) is 2.41. The average Bonchev–Trinajstić information content (AvgIpc) is 2.71. The number of nitrogens with zero attached hydrogens (tertiary/aromatic N) is 2. The molecule has 0 bridgehead atoms. The maximum absolute atomic E-state index is 11.8. The van der Waals surface area contributed by atoms with Gasteiger partial charge in [-0.1, -0.05) is 32.4 Å². The van der Waals surface area contributed by atoms with Crippen molar-refractivity contribution < 1.29 is 9.62 Å². The number of hydrogen-bond acceptors (Lipinski definition) is 5. The molecule has 0 fully saturated rings. The third-order valence-electron chi connectivity index (χ3n) is 2.49. The van der Waals surface area contributed by atoms with Crippen molar-refractivity contribution in [3.63, 3.8) is 0 Å². The topological polar surface area (TPSA) is 80.3 Å². The number of halogens is 1. The van der Waals surface area contributed by atoms with Crippen LogP contribution in [-0.4, -0.2) is 15.0 Å². The lowest BCUT2D eigenvalue weighted by Gasteiger charge is -2.11. The van der Waals surface area contributed by atoms with Crippen LogP contribution in [-0.2, 0) is 5.41 Å². The number of aromatic nitrogens is 2. The molecular weight excluding hydrogens is 270 g/mol. The van der Waals surface area contributed by atoms with Crippen LogP contribution in [0.2, 0.25) is 5.02 Å². The van der Waals surface area contributed by atoms with E-state index in [1.807, 2.05) is 26.3 Å². The molecule has 0 aliphatic rings. The monoisotopic (exact) mass is 283 g/mol. The van der Waals surface area contributed by atoms with Gasteiger partial charge in [-0.05, 0) is 18.2 Å². The number of benzene rings is 1. The highest BCUT2D eigenvalue weighted by atomic mass is 35.5. The van der Waals surface area contributed by atoms with Crippen molar-refractivity contribution in [3.05, 3.63) is 39.7 Å². The van der Waals surface area contributed by atoms with Crippen LogP contribution in [0.3, 0.4) is 0 Å². The summed E-state index contributed by atoms with van der Waals surface area (Å²) in [4.78, 5) is 11.8. The van der Waals surface area contributed by atoms with Gasteiger partial charge < -0.3 is 4.42 Å². The Bertz CT molecular complexity index is 655. The summed E-state index contributed by atoms with van der Waals surface area (Å²) in [6.45, 7) is 5.68. The smallest absolute Gasteiger partial charge is 0.391 e. The van der Waals surface area contributed by atoms with Crippen LogP contribution in [0.25, 0.3) is 5.69 Å². The third kappa shape index (κ3) is 2.64. The van der Waals surface area contributed by atoms with E-state index in [1.165, 1.54) is 6.07 Å². The van der Waals surface area contributed by atoms with E-state index in [9.17, 15) is 4.79 Å². The molecule has 2 rings (SSSR count). The van der Waals surface area contributed by atoms with Gasteiger partial charge in [0.25, 0.3) is 0 Å².